The van der Waals surface area contributed by atoms with E-state index in [1.807, 2.05) is 21.1 Å². The topological polar surface area (TPSA) is 111 Å². The maximum absolute atomic E-state index is 12.7. The highest BCUT2D eigenvalue weighted by Gasteiger charge is 2.21. The number of rotatable bonds is 43. The minimum absolute atomic E-state index is 0.0298. The molecule has 0 saturated heterocycles. The summed E-state index contributed by atoms with van der Waals surface area (Å²) < 4.78 is 33.9. The molecule has 0 N–H and O–H groups in total. The lowest BCUT2D eigenvalue weighted by molar-refractivity contribution is -0.870. The molecule has 2 unspecified atom stereocenters. The Balaban J connectivity index is 4.27. The maximum atomic E-state index is 12.7. The van der Waals surface area contributed by atoms with Crippen LogP contribution in [0.25, 0.3) is 0 Å². The van der Waals surface area contributed by atoms with E-state index < -0.39 is 26.5 Å². The second kappa shape index (κ2) is 39.9. The van der Waals surface area contributed by atoms with Crippen molar-refractivity contribution in [1.82, 2.24) is 0 Å². The van der Waals surface area contributed by atoms with Crippen molar-refractivity contribution in [3.63, 3.8) is 0 Å². The molecule has 9 nitrogen and oxygen atoms in total. The summed E-state index contributed by atoms with van der Waals surface area (Å²) in [6.07, 6.45) is 43.4. The molecule has 0 amide bonds. The molecule has 0 bridgehead atoms. The maximum Gasteiger partial charge on any atom is 0.306 e. The first kappa shape index (κ1) is 55.5. The first-order chi connectivity index (χ1) is 27.5. The highest BCUT2D eigenvalue weighted by Crippen LogP contribution is 2.38. The summed E-state index contributed by atoms with van der Waals surface area (Å²) in [6, 6.07) is 0. The molecule has 0 radical (unpaired) electrons. The third-order valence-corrected chi connectivity index (χ3v) is 11.2. The third-order valence-electron chi connectivity index (χ3n) is 10.2. The van der Waals surface area contributed by atoms with E-state index in [1.54, 1.807) is 0 Å². The molecule has 0 rings (SSSR count). The normalized spacial score (nSPS) is 13.7. The lowest BCUT2D eigenvalue weighted by Gasteiger charge is -2.28. The fourth-order valence-electron chi connectivity index (χ4n) is 6.51. The van der Waals surface area contributed by atoms with Crippen molar-refractivity contribution in [3.8, 4) is 0 Å². The minimum Gasteiger partial charge on any atom is -0.756 e. The van der Waals surface area contributed by atoms with Crippen molar-refractivity contribution >= 4 is 19.8 Å². The zero-order chi connectivity index (χ0) is 42.1. The molecule has 0 aromatic heterocycles. The van der Waals surface area contributed by atoms with Crippen molar-refractivity contribution in [1.29, 1.82) is 0 Å². The van der Waals surface area contributed by atoms with Gasteiger partial charge in [0, 0.05) is 12.8 Å². The van der Waals surface area contributed by atoms with Gasteiger partial charge < -0.3 is 27.9 Å². The summed E-state index contributed by atoms with van der Waals surface area (Å²) in [5.74, 6) is -0.832. The highest BCUT2D eigenvalue weighted by molar-refractivity contribution is 7.45. The van der Waals surface area contributed by atoms with Gasteiger partial charge in [-0.2, -0.15) is 0 Å². The van der Waals surface area contributed by atoms with E-state index in [0.29, 0.717) is 17.4 Å². The average Bonchev–Trinajstić information content (AvgIpc) is 3.16. The number of phosphoric ester groups is 1. The Morgan fingerprint density at radius 2 is 0.947 bits per heavy atom. The summed E-state index contributed by atoms with van der Waals surface area (Å²) in [4.78, 5) is 37.6. The van der Waals surface area contributed by atoms with Gasteiger partial charge in [0.2, 0.25) is 0 Å². The summed E-state index contributed by atoms with van der Waals surface area (Å²) in [7, 11) is 1.17. The molecule has 0 aromatic carbocycles. The quantitative estimate of drug-likeness (QED) is 0.0196. The number of likely N-dealkylation sites (N-methyl/N-ethyl adjacent to an activating group) is 1. The van der Waals surface area contributed by atoms with Crippen molar-refractivity contribution in [2.24, 2.45) is 0 Å². The van der Waals surface area contributed by atoms with Crippen LogP contribution in [0.1, 0.15) is 213 Å². The van der Waals surface area contributed by atoms with Gasteiger partial charge in [-0.15, -0.1) is 0 Å². The van der Waals surface area contributed by atoms with Crippen LogP contribution < -0.4 is 4.89 Å². The second-order valence-corrected chi connectivity index (χ2v) is 18.5. The van der Waals surface area contributed by atoms with E-state index in [-0.39, 0.29) is 32.0 Å². The van der Waals surface area contributed by atoms with Crippen LogP contribution in [-0.4, -0.2) is 70.0 Å². The predicted octanol–water partition coefficient (Wildman–Crippen LogP) is 12.9. The number of hydrogen-bond acceptors (Lipinski definition) is 8. The number of allylic oxidation sites excluding steroid dienone is 4. The number of ether oxygens (including phenoxy) is 2. The first-order valence-corrected chi connectivity index (χ1v) is 25.0. The Hall–Kier alpha value is -1.51. The molecule has 0 aliphatic carbocycles. The standard InChI is InChI=1S/C47H90NO8P/c1-6-8-10-12-14-16-18-20-21-22-23-24-25-26-27-28-30-32-34-36-38-40-47(50)56-45(44-55-57(51,52)54-42-41-48(3,4)5)43-53-46(49)39-37-35-33-31-29-19-17-15-13-11-9-7-2/h18,20,22-23,45H,6-17,19,21,24-44H2,1-5H3/b20-18-,23-22-. The zero-order valence-corrected chi connectivity index (χ0v) is 38.7. The van der Waals surface area contributed by atoms with E-state index in [0.717, 1.165) is 51.4 Å². The van der Waals surface area contributed by atoms with E-state index in [4.69, 9.17) is 18.5 Å². The van der Waals surface area contributed by atoms with E-state index in [9.17, 15) is 19.0 Å². The molecule has 0 fully saturated rings. The van der Waals surface area contributed by atoms with Crippen molar-refractivity contribution < 1.29 is 42.1 Å². The van der Waals surface area contributed by atoms with Crippen LogP contribution in [0.3, 0.4) is 0 Å². The van der Waals surface area contributed by atoms with Gasteiger partial charge in [-0.25, -0.2) is 0 Å². The molecule has 0 aliphatic rings. The number of esters is 2. The number of carbonyl (C=O) groups is 2. The average molecular weight is 828 g/mol. The van der Waals surface area contributed by atoms with Gasteiger partial charge in [0.25, 0.3) is 7.82 Å². The van der Waals surface area contributed by atoms with Crippen LogP contribution in [0.15, 0.2) is 24.3 Å². The van der Waals surface area contributed by atoms with Gasteiger partial charge >= 0.3 is 11.9 Å². The lowest BCUT2D eigenvalue weighted by atomic mass is 10.0. The molecular formula is C47H90NO8P. The largest absolute Gasteiger partial charge is 0.756 e. The van der Waals surface area contributed by atoms with Gasteiger partial charge in [0.1, 0.15) is 19.8 Å². The smallest absolute Gasteiger partial charge is 0.306 e. The molecule has 0 saturated carbocycles. The summed E-state index contributed by atoms with van der Waals surface area (Å²) in [5, 5.41) is 0. The second-order valence-electron chi connectivity index (χ2n) is 17.1. The minimum atomic E-state index is -4.62. The third kappa shape index (κ3) is 43.9. The van der Waals surface area contributed by atoms with Gasteiger partial charge in [0.15, 0.2) is 6.10 Å². The summed E-state index contributed by atoms with van der Waals surface area (Å²) in [6.45, 7) is 4.23. The molecule has 0 heterocycles. The van der Waals surface area contributed by atoms with Crippen molar-refractivity contribution in [3.05, 3.63) is 24.3 Å². The molecule has 0 aliphatic heterocycles. The van der Waals surface area contributed by atoms with Crippen molar-refractivity contribution in [2.75, 3.05) is 47.5 Å². The highest BCUT2D eigenvalue weighted by atomic mass is 31.2. The van der Waals surface area contributed by atoms with Gasteiger partial charge in [-0.1, -0.05) is 179 Å². The first-order valence-electron chi connectivity index (χ1n) is 23.5. The van der Waals surface area contributed by atoms with Crippen LogP contribution in [-0.2, 0) is 32.7 Å². The molecule has 336 valence electrons. The van der Waals surface area contributed by atoms with Gasteiger partial charge in [-0.05, 0) is 44.9 Å². The zero-order valence-electron chi connectivity index (χ0n) is 37.8. The van der Waals surface area contributed by atoms with E-state index in [1.165, 1.54) is 128 Å². The van der Waals surface area contributed by atoms with Crippen molar-refractivity contribution in [2.45, 2.75) is 219 Å². The molecule has 2 atom stereocenters. The Kier molecular flexibility index (Phi) is 38.9. The van der Waals surface area contributed by atoms with Crippen LogP contribution in [0.4, 0.5) is 0 Å². The van der Waals surface area contributed by atoms with Crippen LogP contribution >= 0.6 is 7.82 Å². The number of hydrogen-bond donors (Lipinski definition) is 0. The Labute approximate surface area is 351 Å². The Morgan fingerprint density at radius 1 is 0.544 bits per heavy atom. The number of phosphoric acid groups is 1. The summed E-state index contributed by atoms with van der Waals surface area (Å²) in [5.41, 5.74) is 0. The lowest BCUT2D eigenvalue weighted by Crippen LogP contribution is -2.37. The number of nitrogens with zero attached hydrogens (tertiary/aromatic N) is 1. The van der Waals surface area contributed by atoms with Crippen LogP contribution in [0.5, 0.6) is 0 Å². The Bertz CT molecular complexity index is 1030. The molecule has 57 heavy (non-hydrogen) atoms. The van der Waals surface area contributed by atoms with Crippen LogP contribution in [0.2, 0.25) is 0 Å². The van der Waals surface area contributed by atoms with Crippen LogP contribution in [0, 0.1) is 0 Å². The van der Waals surface area contributed by atoms with E-state index >= 15 is 0 Å². The van der Waals surface area contributed by atoms with E-state index in [2.05, 4.69) is 38.2 Å². The van der Waals surface area contributed by atoms with Gasteiger partial charge in [0.05, 0.1) is 27.7 Å². The SMILES string of the molecule is CCCCCCC/C=C\C/C=C\CCCCCCCCCCCC(=O)OC(COC(=O)CCCCCCCCCCCCCC)COP(=O)([O-])OCC[N+](C)(C)C. The molecule has 0 aromatic rings. The predicted molar refractivity (Wildman–Crippen MR) is 236 cm³/mol. The van der Waals surface area contributed by atoms with Gasteiger partial charge in [-0.3, -0.25) is 14.2 Å². The number of carbonyl (C=O) groups excluding carboxylic acids is 2. The monoisotopic (exact) mass is 828 g/mol. The summed E-state index contributed by atoms with van der Waals surface area (Å²) >= 11 is 0. The fraction of sp³-hybridized carbons (Fsp3) is 0.872. The number of quaternary nitrogens is 1. The molecule has 10 heteroatoms. The Morgan fingerprint density at radius 3 is 1.39 bits per heavy atom. The molecule has 0 spiro atoms. The molecular weight excluding hydrogens is 737 g/mol. The fourth-order valence-corrected chi connectivity index (χ4v) is 7.24. The number of unbranched alkanes of at least 4 members (excludes halogenated alkanes) is 25.